The van der Waals surface area contributed by atoms with E-state index in [1.807, 2.05) is 35.8 Å². The van der Waals surface area contributed by atoms with Gasteiger partial charge in [0, 0.05) is 19.5 Å². The lowest BCUT2D eigenvalue weighted by Gasteiger charge is -2.19. The molecule has 2 fully saturated rings. The predicted molar refractivity (Wildman–Crippen MR) is 105 cm³/mol. The van der Waals surface area contributed by atoms with Crippen LogP contribution in [0.25, 0.3) is 11.0 Å². The molecule has 0 atom stereocenters. The fourth-order valence-electron chi connectivity index (χ4n) is 4.27. The number of aryl methyl sites for hydroxylation is 1. The first-order valence-electron chi connectivity index (χ1n) is 9.93. The molecule has 0 unspecified atom stereocenters. The number of rotatable bonds is 6. The summed E-state index contributed by atoms with van der Waals surface area (Å²) in [5.74, 6) is 0.212. The molecule has 1 aliphatic heterocycles. The van der Waals surface area contributed by atoms with Crippen molar-refractivity contribution < 1.29 is 14.4 Å². The van der Waals surface area contributed by atoms with E-state index in [1.54, 1.807) is 0 Å². The number of hydrogen-bond donors (Lipinski definition) is 2. The highest BCUT2D eigenvalue weighted by atomic mass is 16.2. The van der Waals surface area contributed by atoms with Crippen LogP contribution in [0.4, 0.5) is 10.7 Å². The molecule has 1 aromatic heterocycles. The van der Waals surface area contributed by atoms with Crippen LogP contribution in [0, 0.1) is 0 Å². The average Bonchev–Trinajstić information content (AvgIpc) is 3.34. The lowest BCUT2D eigenvalue weighted by atomic mass is 9.98. The Morgan fingerprint density at radius 2 is 2.00 bits per heavy atom. The van der Waals surface area contributed by atoms with Crippen molar-refractivity contribution in [2.45, 2.75) is 57.5 Å². The van der Waals surface area contributed by atoms with Gasteiger partial charge in [-0.15, -0.1) is 0 Å². The maximum atomic E-state index is 12.6. The van der Waals surface area contributed by atoms with Crippen LogP contribution in [0.5, 0.6) is 0 Å². The largest absolute Gasteiger partial charge is 0.325 e. The highest BCUT2D eigenvalue weighted by Gasteiger charge is 2.52. The number of urea groups is 1. The summed E-state index contributed by atoms with van der Waals surface area (Å²) in [7, 11) is 0. The molecule has 4 amide bonds. The van der Waals surface area contributed by atoms with Gasteiger partial charge in [0.15, 0.2) is 0 Å². The van der Waals surface area contributed by atoms with Crippen molar-refractivity contribution in [2.24, 2.45) is 0 Å². The van der Waals surface area contributed by atoms with E-state index >= 15 is 0 Å². The highest BCUT2D eigenvalue weighted by molar-refractivity contribution is 6.07. The zero-order valence-corrected chi connectivity index (χ0v) is 16.0. The lowest BCUT2D eigenvalue weighted by Crippen LogP contribution is -2.44. The van der Waals surface area contributed by atoms with Gasteiger partial charge < -0.3 is 9.88 Å². The van der Waals surface area contributed by atoms with Crippen LogP contribution in [0.2, 0.25) is 0 Å². The third-order valence-electron chi connectivity index (χ3n) is 5.71. The normalized spacial score (nSPS) is 18.2. The zero-order chi connectivity index (χ0) is 19.7. The van der Waals surface area contributed by atoms with Gasteiger partial charge in [-0.3, -0.25) is 19.8 Å². The van der Waals surface area contributed by atoms with Crippen molar-refractivity contribution in [1.29, 1.82) is 0 Å². The predicted octanol–water partition coefficient (Wildman–Crippen LogP) is 2.64. The number of carbonyl (C=O) groups is 3. The summed E-state index contributed by atoms with van der Waals surface area (Å²) >= 11 is 0. The molecule has 0 radical (unpaired) electrons. The van der Waals surface area contributed by atoms with Crippen LogP contribution < -0.4 is 10.6 Å². The molecule has 1 saturated carbocycles. The maximum absolute atomic E-state index is 12.6. The molecule has 8 heteroatoms. The van der Waals surface area contributed by atoms with E-state index < -0.39 is 5.54 Å². The van der Waals surface area contributed by atoms with E-state index in [1.165, 1.54) is 4.90 Å². The Hall–Kier alpha value is -2.90. The van der Waals surface area contributed by atoms with Gasteiger partial charge in [-0.1, -0.05) is 25.0 Å². The lowest BCUT2D eigenvalue weighted by molar-refractivity contribution is -0.131. The van der Waals surface area contributed by atoms with Gasteiger partial charge in [0.05, 0.1) is 11.0 Å². The first-order chi connectivity index (χ1) is 13.5. The number of carbonyl (C=O) groups excluding carboxylic acids is 3. The number of imide groups is 1. The van der Waals surface area contributed by atoms with Gasteiger partial charge >= 0.3 is 6.03 Å². The molecule has 2 heterocycles. The van der Waals surface area contributed by atoms with E-state index in [4.69, 9.17) is 0 Å². The van der Waals surface area contributed by atoms with Gasteiger partial charge in [-0.05, 0) is 38.3 Å². The van der Waals surface area contributed by atoms with E-state index in [-0.39, 0.29) is 30.8 Å². The van der Waals surface area contributed by atoms with Crippen molar-refractivity contribution in [3.63, 3.8) is 0 Å². The maximum Gasteiger partial charge on any atom is 0.325 e. The molecule has 8 nitrogen and oxygen atoms in total. The van der Waals surface area contributed by atoms with Gasteiger partial charge in [0.1, 0.15) is 5.54 Å². The molecule has 2 N–H and O–H groups in total. The number of nitrogens with zero attached hydrogens (tertiary/aromatic N) is 3. The molecule has 2 aliphatic rings. The van der Waals surface area contributed by atoms with Crippen molar-refractivity contribution in [3.8, 4) is 0 Å². The Morgan fingerprint density at radius 3 is 2.75 bits per heavy atom. The monoisotopic (exact) mass is 383 g/mol. The molecule has 0 bridgehead atoms. The number of nitrogens with one attached hydrogen (secondary N) is 2. The third kappa shape index (κ3) is 3.12. The minimum absolute atomic E-state index is 0.136. The molecule has 1 spiro atoms. The van der Waals surface area contributed by atoms with Crippen molar-refractivity contribution in [2.75, 3.05) is 11.9 Å². The number of aromatic nitrogens is 2. The molecule has 1 aliphatic carbocycles. The topological polar surface area (TPSA) is 96.3 Å². The van der Waals surface area contributed by atoms with Gasteiger partial charge in [-0.25, -0.2) is 9.78 Å². The van der Waals surface area contributed by atoms with Crippen LogP contribution >= 0.6 is 0 Å². The number of anilines is 1. The fraction of sp³-hybridized carbons (Fsp3) is 0.500. The van der Waals surface area contributed by atoms with E-state index in [0.717, 1.165) is 23.9 Å². The molecular formula is C20H25N5O3. The molecular weight excluding hydrogens is 358 g/mol. The van der Waals surface area contributed by atoms with Crippen LogP contribution in [-0.2, 0) is 16.1 Å². The van der Waals surface area contributed by atoms with Gasteiger partial charge in [0.25, 0.3) is 5.91 Å². The van der Waals surface area contributed by atoms with Crippen LogP contribution in [0.1, 0.15) is 45.4 Å². The van der Waals surface area contributed by atoms with Crippen LogP contribution in [-0.4, -0.2) is 44.4 Å². The first-order valence-corrected chi connectivity index (χ1v) is 9.93. The Kier molecular flexibility index (Phi) is 4.78. The quantitative estimate of drug-likeness (QED) is 0.750. The average molecular weight is 383 g/mol. The number of imidazole rings is 1. The second kappa shape index (κ2) is 7.26. The molecule has 4 rings (SSSR count). The third-order valence-corrected chi connectivity index (χ3v) is 5.71. The Bertz CT molecular complexity index is 929. The molecule has 1 saturated heterocycles. The van der Waals surface area contributed by atoms with Crippen molar-refractivity contribution in [1.82, 2.24) is 19.8 Å². The van der Waals surface area contributed by atoms with Gasteiger partial charge in [-0.2, -0.15) is 0 Å². The summed E-state index contributed by atoms with van der Waals surface area (Å²) < 4.78 is 1.95. The second-order valence-corrected chi connectivity index (χ2v) is 7.50. The number of benzene rings is 1. The summed E-state index contributed by atoms with van der Waals surface area (Å²) in [5, 5.41) is 5.72. The summed E-state index contributed by atoms with van der Waals surface area (Å²) in [4.78, 5) is 42.9. The highest BCUT2D eigenvalue weighted by Crippen LogP contribution is 2.35. The summed E-state index contributed by atoms with van der Waals surface area (Å²) in [6, 6.07) is 7.40. The Labute approximate surface area is 163 Å². The van der Waals surface area contributed by atoms with Crippen molar-refractivity contribution in [3.05, 3.63) is 24.3 Å². The standard InChI is InChI=1S/C20H25N5O3/c1-2-24-15-9-4-3-8-14(15)21-18(24)22-16(26)10-7-13-25-17(27)20(23-19(25)28)11-5-6-12-20/h3-4,8-9H,2,5-7,10-13H2,1H3,(H,23,28)(H,21,22,26). The Morgan fingerprint density at radius 1 is 1.25 bits per heavy atom. The molecule has 148 valence electrons. The van der Waals surface area contributed by atoms with Gasteiger partial charge in [0.2, 0.25) is 11.9 Å². The summed E-state index contributed by atoms with van der Waals surface area (Å²) in [5.41, 5.74) is 1.12. The van der Waals surface area contributed by atoms with Crippen molar-refractivity contribution >= 4 is 34.8 Å². The molecule has 2 aromatic rings. The number of amides is 4. The van der Waals surface area contributed by atoms with Crippen LogP contribution in [0.3, 0.4) is 0 Å². The molecule has 28 heavy (non-hydrogen) atoms. The van der Waals surface area contributed by atoms with E-state index in [9.17, 15) is 14.4 Å². The summed E-state index contributed by atoms with van der Waals surface area (Å²) in [6.07, 6.45) is 3.98. The number of fused-ring (bicyclic) bond motifs is 1. The number of para-hydroxylation sites is 2. The molecule has 1 aromatic carbocycles. The second-order valence-electron chi connectivity index (χ2n) is 7.50. The fourth-order valence-corrected chi connectivity index (χ4v) is 4.27. The van der Waals surface area contributed by atoms with Crippen LogP contribution in [0.15, 0.2) is 24.3 Å². The van der Waals surface area contributed by atoms with E-state index in [0.29, 0.717) is 31.8 Å². The summed E-state index contributed by atoms with van der Waals surface area (Å²) in [6.45, 7) is 2.95. The number of hydrogen-bond acceptors (Lipinski definition) is 4. The minimum atomic E-state index is -0.689. The minimum Gasteiger partial charge on any atom is -0.323 e. The Balaban J connectivity index is 1.34. The smallest absolute Gasteiger partial charge is 0.323 e. The zero-order valence-electron chi connectivity index (χ0n) is 16.0. The van der Waals surface area contributed by atoms with E-state index in [2.05, 4.69) is 15.6 Å². The first kappa shape index (κ1) is 18.5. The SMILES string of the molecule is CCn1c(NC(=O)CCCN2C(=O)NC3(CCCC3)C2=O)nc2ccccc21.